The Kier molecular flexibility index (Phi) is 4.83. The minimum absolute atomic E-state index is 0.00645. The van der Waals surface area contributed by atoms with Crippen LogP contribution in [0.25, 0.3) is 0 Å². The van der Waals surface area contributed by atoms with Gasteiger partial charge in [0.15, 0.2) is 0 Å². The molecule has 1 unspecified atom stereocenters. The number of hydrogen-bond donors (Lipinski definition) is 2. The number of halogens is 1. The first kappa shape index (κ1) is 13.6. The molecule has 1 aliphatic heterocycles. The van der Waals surface area contributed by atoms with Crippen LogP contribution in [0.1, 0.15) is 29.8 Å². The number of aryl methyl sites for hydroxylation is 1. The molecule has 1 atom stereocenters. The Hall–Kier alpha value is -0.810. The summed E-state index contributed by atoms with van der Waals surface area (Å²) in [6, 6.07) is 1.84. The highest BCUT2D eigenvalue weighted by Crippen LogP contribution is 2.15. The molecule has 1 amide bonds. The maximum atomic E-state index is 12.0. The van der Waals surface area contributed by atoms with Gasteiger partial charge in [-0.3, -0.25) is 4.79 Å². The van der Waals surface area contributed by atoms with Gasteiger partial charge in [0.25, 0.3) is 5.91 Å². The number of rotatable bonds is 4. The number of amides is 1. The van der Waals surface area contributed by atoms with Gasteiger partial charge in [-0.2, -0.15) is 0 Å². The maximum Gasteiger partial charge on any atom is 0.267 e. The summed E-state index contributed by atoms with van der Waals surface area (Å²) in [5.74, 6) is 0.714. The number of nitrogens with one attached hydrogen (secondary N) is 2. The van der Waals surface area contributed by atoms with Crippen molar-refractivity contribution >= 4 is 21.8 Å². The van der Waals surface area contributed by atoms with Crippen LogP contribution in [-0.4, -0.2) is 30.1 Å². The molecule has 0 aromatic carbocycles. The van der Waals surface area contributed by atoms with Crippen LogP contribution in [-0.2, 0) is 7.05 Å². The largest absolute Gasteiger partial charge is 0.351 e. The Balaban J connectivity index is 1.76. The highest BCUT2D eigenvalue weighted by Gasteiger charge is 2.14. The van der Waals surface area contributed by atoms with Gasteiger partial charge in [-0.1, -0.05) is 0 Å². The van der Waals surface area contributed by atoms with E-state index in [9.17, 15) is 4.79 Å². The zero-order valence-corrected chi connectivity index (χ0v) is 12.3. The molecule has 4 nitrogen and oxygen atoms in total. The van der Waals surface area contributed by atoms with Crippen LogP contribution >= 0.6 is 15.9 Å². The zero-order valence-electron chi connectivity index (χ0n) is 10.7. The van der Waals surface area contributed by atoms with Crippen LogP contribution in [0.4, 0.5) is 0 Å². The number of aromatic nitrogens is 1. The molecule has 2 heterocycles. The van der Waals surface area contributed by atoms with E-state index in [-0.39, 0.29) is 5.91 Å². The molecule has 5 heteroatoms. The van der Waals surface area contributed by atoms with Gasteiger partial charge in [0, 0.05) is 24.3 Å². The van der Waals surface area contributed by atoms with Crippen molar-refractivity contribution in [2.24, 2.45) is 13.0 Å². The Morgan fingerprint density at radius 3 is 3.11 bits per heavy atom. The summed E-state index contributed by atoms with van der Waals surface area (Å²) in [6.45, 7) is 2.99. The number of piperidine rings is 1. The quantitative estimate of drug-likeness (QED) is 0.892. The zero-order chi connectivity index (χ0) is 13.0. The summed E-state index contributed by atoms with van der Waals surface area (Å²) in [7, 11) is 1.88. The third kappa shape index (κ3) is 3.59. The summed E-state index contributed by atoms with van der Waals surface area (Å²) < 4.78 is 2.77. The Morgan fingerprint density at radius 2 is 2.50 bits per heavy atom. The fraction of sp³-hybridized carbons (Fsp3) is 0.615. The molecule has 2 rings (SSSR count). The van der Waals surface area contributed by atoms with Gasteiger partial charge in [0.2, 0.25) is 0 Å². The second-order valence-electron chi connectivity index (χ2n) is 4.91. The van der Waals surface area contributed by atoms with Crippen LogP contribution in [0.2, 0.25) is 0 Å². The van der Waals surface area contributed by atoms with Crippen LogP contribution in [0.3, 0.4) is 0 Å². The van der Waals surface area contributed by atoms with Crippen molar-refractivity contribution in [1.82, 2.24) is 15.2 Å². The molecule has 1 saturated heterocycles. The van der Waals surface area contributed by atoms with Crippen LogP contribution in [0, 0.1) is 5.92 Å². The van der Waals surface area contributed by atoms with E-state index >= 15 is 0 Å². The van der Waals surface area contributed by atoms with Gasteiger partial charge in [-0.05, 0) is 60.3 Å². The fourth-order valence-corrected chi connectivity index (χ4v) is 2.92. The van der Waals surface area contributed by atoms with Crippen molar-refractivity contribution in [2.45, 2.75) is 19.3 Å². The molecule has 2 N–H and O–H groups in total. The molecule has 0 bridgehead atoms. The van der Waals surface area contributed by atoms with E-state index in [1.807, 2.05) is 23.9 Å². The molecule has 1 aromatic rings. The van der Waals surface area contributed by atoms with Gasteiger partial charge in [-0.25, -0.2) is 0 Å². The highest BCUT2D eigenvalue weighted by atomic mass is 79.9. The topological polar surface area (TPSA) is 46.1 Å². The molecule has 1 aromatic heterocycles. The van der Waals surface area contributed by atoms with Gasteiger partial charge in [-0.15, -0.1) is 0 Å². The second kappa shape index (κ2) is 6.38. The molecule has 0 spiro atoms. The molecule has 0 aliphatic carbocycles. The summed E-state index contributed by atoms with van der Waals surface area (Å²) in [5.41, 5.74) is 0.698. The minimum atomic E-state index is 0.00645. The van der Waals surface area contributed by atoms with E-state index in [0.29, 0.717) is 11.6 Å². The van der Waals surface area contributed by atoms with Crippen LogP contribution in [0.5, 0.6) is 0 Å². The normalized spacial score (nSPS) is 19.8. The number of carbonyl (C=O) groups is 1. The summed E-state index contributed by atoms with van der Waals surface area (Å²) >= 11 is 3.37. The van der Waals surface area contributed by atoms with E-state index in [4.69, 9.17) is 0 Å². The summed E-state index contributed by atoms with van der Waals surface area (Å²) in [5, 5.41) is 6.39. The lowest BCUT2D eigenvalue weighted by Gasteiger charge is -2.22. The first-order chi connectivity index (χ1) is 8.66. The third-order valence-electron chi connectivity index (χ3n) is 3.44. The van der Waals surface area contributed by atoms with Gasteiger partial charge >= 0.3 is 0 Å². The highest BCUT2D eigenvalue weighted by molar-refractivity contribution is 9.10. The monoisotopic (exact) mass is 313 g/mol. The number of carbonyl (C=O) groups excluding carboxylic acids is 1. The Bertz CT molecular complexity index is 410. The van der Waals surface area contributed by atoms with E-state index in [1.165, 1.54) is 12.8 Å². The molecular weight excluding hydrogens is 294 g/mol. The smallest absolute Gasteiger partial charge is 0.267 e. The molecule has 1 fully saturated rings. The average molecular weight is 314 g/mol. The molecule has 0 radical (unpaired) electrons. The second-order valence-corrected chi connectivity index (χ2v) is 5.83. The average Bonchev–Trinajstić information content (AvgIpc) is 2.70. The van der Waals surface area contributed by atoms with Crippen LogP contribution in [0.15, 0.2) is 16.7 Å². The van der Waals surface area contributed by atoms with E-state index in [1.54, 1.807) is 0 Å². The van der Waals surface area contributed by atoms with Gasteiger partial charge in [0.05, 0.1) is 0 Å². The Morgan fingerprint density at radius 1 is 1.67 bits per heavy atom. The van der Waals surface area contributed by atoms with Crippen molar-refractivity contribution in [3.05, 3.63) is 22.4 Å². The standard InChI is InChI=1S/C13H20BrN3O/c1-17-9-11(14)7-12(17)13(18)16-6-4-10-3-2-5-15-8-10/h7,9-10,15H,2-6,8H2,1H3,(H,16,18). The molecule has 18 heavy (non-hydrogen) atoms. The molecule has 0 saturated carbocycles. The SMILES string of the molecule is Cn1cc(Br)cc1C(=O)NCCC1CCCNC1. The molecule has 100 valence electrons. The number of nitrogens with zero attached hydrogens (tertiary/aromatic N) is 1. The lowest BCUT2D eigenvalue weighted by atomic mass is 9.96. The van der Waals surface area contributed by atoms with Crippen molar-refractivity contribution in [3.8, 4) is 0 Å². The first-order valence-electron chi connectivity index (χ1n) is 6.47. The van der Waals surface area contributed by atoms with Crippen molar-refractivity contribution in [1.29, 1.82) is 0 Å². The lowest BCUT2D eigenvalue weighted by molar-refractivity contribution is 0.0942. The number of hydrogen-bond acceptors (Lipinski definition) is 2. The van der Waals surface area contributed by atoms with E-state index < -0.39 is 0 Å². The van der Waals surface area contributed by atoms with Crippen molar-refractivity contribution in [3.63, 3.8) is 0 Å². The Labute approximate surface area is 116 Å². The molecular formula is C13H20BrN3O. The maximum absolute atomic E-state index is 12.0. The third-order valence-corrected chi connectivity index (χ3v) is 3.87. The van der Waals surface area contributed by atoms with E-state index in [2.05, 4.69) is 26.6 Å². The fourth-order valence-electron chi connectivity index (χ4n) is 2.40. The predicted octanol–water partition coefficient (Wildman–Crippen LogP) is 1.91. The summed E-state index contributed by atoms with van der Waals surface area (Å²) in [4.78, 5) is 12.0. The summed E-state index contributed by atoms with van der Waals surface area (Å²) in [6.07, 6.45) is 5.48. The lowest BCUT2D eigenvalue weighted by Crippen LogP contribution is -2.33. The first-order valence-corrected chi connectivity index (χ1v) is 7.27. The van der Waals surface area contributed by atoms with Gasteiger partial charge < -0.3 is 15.2 Å². The molecule has 1 aliphatic rings. The minimum Gasteiger partial charge on any atom is -0.351 e. The van der Waals surface area contributed by atoms with Crippen LogP contribution < -0.4 is 10.6 Å². The van der Waals surface area contributed by atoms with Gasteiger partial charge in [0.1, 0.15) is 5.69 Å². The van der Waals surface area contributed by atoms with Crippen molar-refractivity contribution < 1.29 is 4.79 Å². The predicted molar refractivity (Wildman–Crippen MR) is 75.7 cm³/mol. The van der Waals surface area contributed by atoms with Crippen molar-refractivity contribution in [2.75, 3.05) is 19.6 Å². The van der Waals surface area contributed by atoms with E-state index in [0.717, 1.165) is 30.5 Å².